The van der Waals surface area contributed by atoms with Crippen molar-refractivity contribution < 1.29 is 19.5 Å². The highest BCUT2D eigenvalue weighted by Gasteiger charge is 1.90. The van der Waals surface area contributed by atoms with Gasteiger partial charge in [-0.25, -0.2) is 4.79 Å². The van der Waals surface area contributed by atoms with Crippen molar-refractivity contribution in [1.29, 1.82) is 5.26 Å². The molecule has 0 rings (SSSR count). The Hall–Kier alpha value is -1.90. The number of carbonyl (C=O) groups excluding carboxylic acids is 2. The third-order valence-electron chi connectivity index (χ3n) is 0.448. The molecule has 2 N–H and O–H groups in total. The molecule has 6 heteroatoms. The van der Waals surface area contributed by atoms with Gasteiger partial charge in [0.1, 0.15) is 0 Å². The van der Waals surface area contributed by atoms with Crippen molar-refractivity contribution in [2.45, 2.75) is 13.8 Å². The number of nitrogens with one attached hydrogen (secondary N) is 1. The van der Waals surface area contributed by atoms with E-state index < -0.39 is 5.97 Å². The molecule has 0 aromatic rings. The summed E-state index contributed by atoms with van der Waals surface area (Å²) >= 11 is 0. The van der Waals surface area contributed by atoms with E-state index in [9.17, 15) is 9.59 Å². The first-order valence-corrected chi connectivity index (χ1v) is 2.81. The van der Waals surface area contributed by atoms with Gasteiger partial charge in [0.15, 0.2) is 6.07 Å². The van der Waals surface area contributed by atoms with Gasteiger partial charge in [0.05, 0.1) is 0 Å². The Morgan fingerprint density at radius 2 is 1.50 bits per heavy atom. The van der Waals surface area contributed by atoms with Crippen molar-refractivity contribution in [3.8, 4) is 6.07 Å². The molecule has 0 spiro atoms. The highest BCUT2D eigenvalue weighted by Crippen LogP contribution is 1.58. The summed E-state index contributed by atoms with van der Waals surface area (Å²) in [6.45, 7) is 2.59. The smallest absolute Gasteiger partial charge is 0.408 e. The number of hydrogen-bond acceptors (Lipinski definition) is 4. The largest absolute Gasteiger partial charge is 0.470 e. The number of imide groups is 1. The maximum Gasteiger partial charge on any atom is 0.408 e. The predicted octanol–water partition coefficient (Wildman–Crippen LogP) is -0.736. The van der Waals surface area contributed by atoms with E-state index in [1.54, 1.807) is 0 Å². The van der Waals surface area contributed by atoms with E-state index in [2.05, 4.69) is 0 Å². The second kappa shape index (κ2) is 7.21. The maximum atomic E-state index is 9.92. The van der Waals surface area contributed by atoms with E-state index >= 15 is 0 Å². The van der Waals surface area contributed by atoms with E-state index in [0.29, 0.717) is 0 Å². The Kier molecular flexibility index (Phi) is 7.66. The second-order valence-corrected chi connectivity index (χ2v) is 1.65. The van der Waals surface area contributed by atoms with Crippen LogP contribution in [-0.4, -0.2) is 22.9 Å². The lowest BCUT2D eigenvalue weighted by Gasteiger charge is -1.88. The first-order chi connectivity index (χ1) is 5.40. The van der Waals surface area contributed by atoms with Gasteiger partial charge in [-0.05, 0) is 0 Å². The van der Waals surface area contributed by atoms with Crippen LogP contribution in [-0.2, 0) is 14.4 Å². The number of rotatable bonds is 0. The maximum absolute atomic E-state index is 9.92. The Morgan fingerprint density at radius 3 is 1.50 bits per heavy atom. The molecule has 2 amide bonds. The molecule has 0 aromatic carbocycles. The molecule has 0 unspecified atom stereocenters. The van der Waals surface area contributed by atoms with Crippen molar-refractivity contribution in [2.24, 2.45) is 0 Å². The van der Waals surface area contributed by atoms with Crippen LogP contribution in [0.2, 0.25) is 0 Å². The minimum absolute atomic E-state index is 0.312. The fourth-order valence-corrected chi connectivity index (χ4v) is 0.248. The molecule has 12 heavy (non-hydrogen) atoms. The minimum atomic E-state index is -1.44. The monoisotopic (exact) mass is 172 g/mol. The molecule has 0 aromatic heterocycles. The zero-order chi connectivity index (χ0) is 10.1. The Morgan fingerprint density at radius 1 is 1.25 bits per heavy atom. The topological polar surface area (TPSA) is 107 Å². The van der Waals surface area contributed by atoms with Crippen molar-refractivity contribution >= 4 is 17.8 Å². The Labute approximate surface area is 68.8 Å². The van der Waals surface area contributed by atoms with E-state index in [1.807, 2.05) is 5.32 Å². The van der Waals surface area contributed by atoms with Gasteiger partial charge < -0.3 is 5.11 Å². The van der Waals surface area contributed by atoms with Gasteiger partial charge in [-0.2, -0.15) is 5.26 Å². The summed E-state index contributed by atoms with van der Waals surface area (Å²) < 4.78 is 0. The lowest BCUT2D eigenvalue weighted by molar-refractivity contribution is -0.131. The number of carboxylic acids is 1. The van der Waals surface area contributed by atoms with Crippen molar-refractivity contribution in [3.05, 3.63) is 0 Å². The lowest BCUT2D eigenvalue weighted by Crippen LogP contribution is -2.24. The molecule has 0 aliphatic carbocycles. The van der Waals surface area contributed by atoms with E-state index in [1.165, 1.54) is 13.8 Å². The van der Waals surface area contributed by atoms with Crippen LogP contribution in [0.3, 0.4) is 0 Å². The van der Waals surface area contributed by atoms with Gasteiger partial charge in [0, 0.05) is 13.8 Å². The number of nitrogens with zero attached hydrogens (tertiary/aromatic N) is 1. The molecule has 0 aliphatic heterocycles. The molecule has 66 valence electrons. The average molecular weight is 172 g/mol. The van der Waals surface area contributed by atoms with Crippen molar-refractivity contribution in [2.75, 3.05) is 0 Å². The van der Waals surface area contributed by atoms with Crippen molar-refractivity contribution in [1.82, 2.24) is 5.32 Å². The van der Waals surface area contributed by atoms with Gasteiger partial charge in [-0.1, -0.05) is 0 Å². The molecule has 0 bridgehead atoms. The summed E-state index contributed by atoms with van der Waals surface area (Å²) in [6.07, 6.45) is 0. The third kappa shape index (κ3) is 24.3. The number of carboxylic acid groups (broad SMARTS) is 1. The van der Waals surface area contributed by atoms with Crippen molar-refractivity contribution in [3.63, 3.8) is 0 Å². The van der Waals surface area contributed by atoms with Crippen LogP contribution >= 0.6 is 0 Å². The van der Waals surface area contributed by atoms with E-state index in [0.717, 1.165) is 6.07 Å². The number of aliphatic carboxylic acids is 1. The van der Waals surface area contributed by atoms with Gasteiger partial charge >= 0.3 is 5.97 Å². The van der Waals surface area contributed by atoms with Gasteiger partial charge in [-0.3, -0.25) is 14.9 Å². The molecule has 0 heterocycles. The van der Waals surface area contributed by atoms with Gasteiger partial charge in [-0.15, -0.1) is 0 Å². The summed E-state index contributed by atoms with van der Waals surface area (Å²) in [7, 11) is 0. The van der Waals surface area contributed by atoms with Gasteiger partial charge in [0.2, 0.25) is 11.8 Å². The zero-order valence-electron chi connectivity index (χ0n) is 6.62. The third-order valence-corrected chi connectivity index (χ3v) is 0.448. The van der Waals surface area contributed by atoms with Crippen LogP contribution in [0.25, 0.3) is 0 Å². The van der Waals surface area contributed by atoms with Crippen LogP contribution in [0.4, 0.5) is 0 Å². The van der Waals surface area contributed by atoms with Crippen LogP contribution in [0, 0.1) is 11.3 Å². The molecule has 0 atom stereocenters. The molecule has 0 saturated heterocycles. The fourth-order valence-electron chi connectivity index (χ4n) is 0.248. The van der Waals surface area contributed by atoms with E-state index in [4.69, 9.17) is 15.2 Å². The van der Waals surface area contributed by atoms with Gasteiger partial charge in [0.25, 0.3) is 0 Å². The second-order valence-electron chi connectivity index (χ2n) is 1.65. The Balaban J connectivity index is 0. The molecular weight excluding hydrogens is 164 g/mol. The average Bonchev–Trinajstić information content (AvgIpc) is 1.85. The number of carbonyl (C=O) groups is 3. The molecular formula is C6H8N2O4. The first kappa shape index (κ1) is 12.7. The highest BCUT2D eigenvalue weighted by atomic mass is 16.4. The Bertz CT molecular complexity index is 216. The summed E-state index contributed by atoms with van der Waals surface area (Å²) in [4.78, 5) is 28.9. The number of nitriles is 1. The predicted molar refractivity (Wildman–Crippen MR) is 37.7 cm³/mol. The molecule has 0 aliphatic rings. The van der Waals surface area contributed by atoms with Crippen LogP contribution in [0.1, 0.15) is 13.8 Å². The molecule has 6 nitrogen and oxygen atoms in total. The summed E-state index contributed by atoms with van der Waals surface area (Å²) in [6, 6.07) is 0.944. The fraction of sp³-hybridized carbons (Fsp3) is 0.333. The van der Waals surface area contributed by atoms with Crippen LogP contribution in [0.15, 0.2) is 0 Å². The van der Waals surface area contributed by atoms with E-state index in [-0.39, 0.29) is 11.8 Å². The lowest BCUT2D eigenvalue weighted by atomic mass is 10.6. The zero-order valence-corrected chi connectivity index (χ0v) is 6.62. The molecule has 0 fully saturated rings. The molecule has 0 radical (unpaired) electrons. The normalized spacial score (nSPS) is 6.75. The summed E-state index contributed by atoms with van der Waals surface area (Å²) in [5.74, 6) is -2.06. The van der Waals surface area contributed by atoms with Crippen LogP contribution < -0.4 is 5.32 Å². The summed E-state index contributed by atoms with van der Waals surface area (Å²) in [5, 5.41) is 16.7. The molecule has 0 saturated carbocycles. The van der Waals surface area contributed by atoms with Crippen LogP contribution in [0.5, 0.6) is 0 Å². The standard InChI is InChI=1S/C4H7NO2.C2HNO2/c1-3(6)5-4(2)7;3-1-2(4)5/h1-2H3,(H,5,6,7);(H,4,5). The summed E-state index contributed by atoms with van der Waals surface area (Å²) in [5.41, 5.74) is 0. The SMILES string of the molecule is CC(=O)NC(C)=O.N#CC(=O)O. The number of hydrogen-bond donors (Lipinski definition) is 2. The first-order valence-electron chi connectivity index (χ1n) is 2.81. The quantitative estimate of drug-likeness (QED) is 0.369. The minimum Gasteiger partial charge on any atom is -0.470 e. The highest BCUT2D eigenvalue weighted by molar-refractivity contribution is 5.92. The number of amides is 2.